The van der Waals surface area contributed by atoms with Crippen molar-refractivity contribution in [3.63, 3.8) is 0 Å². The van der Waals surface area contributed by atoms with E-state index < -0.39 is 6.04 Å². The van der Waals surface area contributed by atoms with E-state index in [4.69, 9.17) is 8.94 Å². The van der Waals surface area contributed by atoms with E-state index in [2.05, 4.69) is 15.5 Å². The molecule has 1 atom stereocenters. The first-order valence-electron chi connectivity index (χ1n) is 9.68. The van der Waals surface area contributed by atoms with Gasteiger partial charge >= 0.3 is 0 Å². The van der Waals surface area contributed by atoms with Gasteiger partial charge in [-0.25, -0.2) is 0 Å². The van der Waals surface area contributed by atoms with Crippen LogP contribution in [0.15, 0.2) is 57.7 Å². The van der Waals surface area contributed by atoms with Crippen LogP contribution in [0, 0.1) is 0 Å². The van der Waals surface area contributed by atoms with Crippen LogP contribution >= 0.6 is 0 Å². The summed E-state index contributed by atoms with van der Waals surface area (Å²) < 4.78 is 10.4. The smallest absolute Gasteiger partial charge is 0.290 e. The Morgan fingerprint density at radius 2 is 2.00 bits per heavy atom. The summed E-state index contributed by atoms with van der Waals surface area (Å²) >= 11 is 0. The largest absolute Gasteiger partial charge is 0.459 e. The van der Waals surface area contributed by atoms with Crippen LogP contribution in [0.2, 0.25) is 0 Å². The maximum atomic E-state index is 12.7. The lowest BCUT2D eigenvalue weighted by Gasteiger charge is -2.34. The van der Waals surface area contributed by atoms with Gasteiger partial charge in [0.25, 0.3) is 5.91 Å². The van der Waals surface area contributed by atoms with Gasteiger partial charge in [0.15, 0.2) is 11.6 Å². The molecule has 0 aliphatic carbocycles. The summed E-state index contributed by atoms with van der Waals surface area (Å²) in [5.41, 5.74) is 1.08. The predicted octanol–water partition coefficient (Wildman–Crippen LogP) is 2.56. The maximum Gasteiger partial charge on any atom is 0.290 e. The fraction of sp³-hybridized carbons (Fsp3) is 0.333. The number of nitrogens with one attached hydrogen (secondary N) is 1. The lowest BCUT2D eigenvalue weighted by Crippen LogP contribution is -2.51. The van der Waals surface area contributed by atoms with Gasteiger partial charge in [-0.05, 0) is 37.0 Å². The summed E-state index contributed by atoms with van der Waals surface area (Å²) in [6.45, 7) is 0.652. The van der Waals surface area contributed by atoms with Crippen LogP contribution in [0.1, 0.15) is 47.1 Å². The number of nitrogens with zero attached hydrogens (tertiary/aromatic N) is 3. The average Bonchev–Trinajstić information content (AvgIpc) is 3.45. The number of hydrogen-bond acceptors (Lipinski definition) is 6. The van der Waals surface area contributed by atoms with Gasteiger partial charge in [-0.1, -0.05) is 35.5 Å². The zero-order valence-corrected chi connectivity index (χ0v) is 15.9. The van der Waals surface area contributed by atoms with Crippen molar-refractivity contribution in [1.29, 1.82) is 0 Å². The van der Waals surface area contributed by atoms with Crippen molar-refractivity contribution in [2.24, 2.45) is 0 Å². The molecule has 3 heterocycles. The quantitative estimate of drug-likeness (QED) is 0.689. The lowest BCUT2D eigenvalue weighted by molar-refractivity contribution is -0.127. The van der Waals surface area contributed by atoms with E-state index in [9.17, 15) is 9.59 Å². The Morgan fingerprint density at radius 3 is 2.79 bits per heavy atom. The van der Waals surface area contributed by atoms with E-state index in [0.717, 1.165) is 18.4 Å². The van der Waals surface area contributed by atoms with E-state index in [1.807, 2.05) is 30.3 Å². The molecule has 0 bridgehead atoms. The number of piperidine rings is 1. The summed E-state index contributed by atoms with van der Waals surface area (Å²) in [5, 5.41) is 6.78. The van der Waals surface area contributed by atoms with E-state index >= 15 is 0 Å². The number of aromatic nitrogens is 2. The van der Waals surface area contributed by atoms with Gasteiger partial charge in [-0.15, -0.1) is 0 Å². The summed E-state index contributed by atoms with van der Waals surface area (Å²) in [5.74, 6) is 0.647. The highest BCUT2D eigenvalue weighted by Gasteiger charge is 2.33. The summed E-state index contributed by atoms with van der Waals surface area (Å²) in [6, 6.07) is 12.6. The third kappa shape index (κ3) is 4.53. The second-order valence-corrected chi connectivity index (χ2v) is 6.97. The van der Waals surface area contributed by atoms with Crippen molar-refractivity contribution in [3.8, 4) is 0 Å². The number of likely N-dealkylation sites (tertiary alicyclic amines) is 1. The van der Waals surface area contributed by atoms with Crippen molar-refractivity contribution in [3.05, 3.63) is 71.8 Å². The van der Waals surface area contributed by atoms with Gasteiger partial charge in [0, 0.05) is 13.0 Å². The van der Waals surface area contributed by atoms with Crippen LogP contribution in [-0.2, 0) is 17.8 Å². The van der Waals surface area contributed by atoms with E-state index in [1.54, 1.807) is 17.0 Å². The van der Waals surface area contributed by atoms with Crippen LogP contribution in [0.4, 0.5) is 0 Å². The fourth-order valence-corrected chi connectivity index (χ4v) is 3.48. The number of amides is 2. The monoisotopic (exact) mass is 394 g/mol. The van der Waals surface area contributed by atoms with Crippen LogP contribution in [0.3, 0.4) is 0 Å². The lowest BCUT2D eigenvalue weighted by atomic mass is 10.0. The predicted molar refractivity (Wildman–Crippen MR) is 103 cm³/mol. The molecule has 29 heavy (non-hydrogen) atoms. The topological polar surface area (TPSA) is 101 Å². The first-order valence-corrected chi connectivity index (χ1v) is 9.68. The Morgan fingerprint density at radius 1 is 1.14 bits per heavy atom. The van der Waals surface area contributed by atoms with Gasteiger partial charge in [0.2, 0.25) is 11.8 Å². The molecule has 0 spiro atoms. The molecule has 3 aromatic rings. The molecule has 1 saturated heterocycles. The highest BCUT2D eigenvalue weighted by molar-refractivity contribution is 5.95. The molecule has 0 saturated carbocycles. The summed E-state index contributed by atoms with van der Waals surface area (Å²) in [4.78, 5) is 31.3. The minimum atomic E-state index is -0.534. The SMILES string of the molecule is O=C(NCc1nc(Cc2ccccc2)no1)[C@@H]1CCCCN1C(=O)c1ccco1. The van der Waals surface area contributed by atoms with Gasteiger partial charge in [0.05, 0.1) is 12.8 Å². The van der Waals surface area contributed by atoms with Crippen LogP contribution in [0.5, 0.6) is 0 Å². The molecule has 0 radical (unpaired) electrons. The van der Waals surface area contributed by atoms with Crippen molar-refractivity contribution in [1.82, 2.24) is 20.4 Å². The Bertz CT molecular complexity index is 952. The molecule has 1 aliphatic rings. The zero-order chi connectivity index (χ0) is 20.1. The Kier molecular flexibility index (Phi) is 5.69. The summed E-state index contributed by atoms with van der Waals surface area (Å²) in [7, 11) is 0. The third-order valence-corrected chi connectivity index (χ3v) is 4.93. The Balaban J connectivity index is 1.35. The first kappa shape index (κ1) is 18.9. The maximum absolute atomic E-state index is 12.7. The first-order chi connectivity index (χ1) is 14.2. The molecule has 8 nitrogen and oxygen atoms in total. The van der Waals surface area contributed by atoms with Gasteiger partial charge in [-0.2, -0.15) is 4.98 Å². The molecular weight excluding hydrogens is 372 g/mol. The molecule has 1 aromatic carbocycles. The highest BCUT2D eigenvalue weighted by Crippen LogP contribution is 2.20. The molecule has 2 amide bonds. The van der Waals surface area contributed by atoms with Crippen molar-refractivity contribution < 1.29 is 18.5 Å². The number of hydrogen-bond donors (Lipinski definition) is 1. The Labute approximate surface area is 167 Å². The zero-order valence-electron chi connectivity index (χ0n) is 15.9. The molecule has 2 aromatic heterocycles. The number of carbonyl (C=O) groups is 2. The van der Waals surface area contributed by atoms with E-state index in [1.165, 1.54) is 6.26 Å². The van der Waals surface area contributed by atoms with Gasteiger partial charge in [-0.3, -0.25) is 9.59 Å². The molecular formula is C21H22N4O4. The number of carbonyl (C=O) groups excluding carboxylic acids is 2. The molecule has 8 heteroatoms. The van der Waals surface area contributed by atoms with E-state index in [0.29, 0.717) is 31.1 Å². The van der Waals surface area contributed by atoms with Crippen LogP contribution < -0.4 is 5.32 Å². The van der Waals surface area contributed by atoms with Gasteiger partial charge in [0.1, 0.15) is 6.04 Å². The molecule has 4 rings (SSSR count). The minimum Gasteiger partial charge on any atom is -0.459 e. The molecule has 1 fully saturated rings. The van der Waals surface area contributed by atoms with Crippen molar-refractivity contribution >= 4 is 11.8 Å². The van der Waals surface area contributed by atoms with Crippen LogP contribution in [0.25, 0.3) is 0 Å². The Hall–Kier alpha value is -3.42. The molecule has 1 aliphatic heterocycles. The van der Waals surface area contributed by atoms with Crippen molar-refractivity contribution in [2.45, 2.75) is 38.3 Å². The number of furan rings is 1. The van der Waals surface area contributed by atoms with Gasteiger partial charge < -0.3 is 19.2 Å². The highest BCUT2D eigenvalue weighted by atomic mass is 16.5. The normalized spacial score (nSPS) is 16.6. The number of rotatable bonds is 6. The second-order valence-electron chi connectivity index (χ2n) is 6.97. The average molecular weight is 394 g/mol. The summed E-state index contributed by atoms with van der Waals surface area (Å²) in [6.07, 6.45) is 4.38. The fourth-order valence-electron chi connectivity index (χ4n) is 3.48. The van der Waals surface area contributed by atoms with E-state index in [-0.39, 0.29) is 24.1 Å². The molecule has 0 unspecified atom stereocenters. The van der Waals surface area contributed by atoms with Crippen LogP contribution in [-0.4, -0.2) is 39.4 Å². The number of benzene rings is 1. The third-order valence-electron chi connectivity index (χ3n) is 4.93. The molecule has 150 valence electrons. The van der Waals surface area contributed by atoms with Crippen molar-refractivity contribution in [2.75, 3.05) is 6.54 Å². The standard InChI is InChI=1S/C21H22N4O4/c26-20(16-9-4-5-11-25(16)21(27)17-10-6-12-28-17)22-14-19-23-18(24-29-19)13-15-7-2-1-3-8-15/h1-3,6-8,10,12,16H,4-5,9,11,13-14H2,(H,22,26)/t16-/m0/s1. The second kappa shape index (κ2) is 8.72. The minimum absolute atomic E-state index is 0.125. The molecule has 1 N–H and O–H groups in total.